The van der Waals surface area contributed by atoms with Gasteiger partial charge >= 0.3 is 5.97 Å². The standard InChI is InChI=1S/C15H19BrO2/c1-11-6-8-15(9-7-11,14(17)18)10-12-4-2-3-5-13(12)16/h2-5,11H,6-10H2,1H3,(H,17,18). The number of carboxylic acid groups (broad SMARTS) is 1. The SMILES string of the molecule is CC1CCC(Cc2ccccc2Br)(C(=O)O)CC1. The number of aliphatic carboxylic acids is 1. The monoisotopic (exact) mass is 310 g/mol. The Kier molecular flexibility index (Phi) is 4.10. The maximum Gasteiger partial charge on any atom is 0.309 e. The van der Waals surface area contributed by atoms with Crippen molar-refractivity contribution in [3.05, 3.63) is 34.3 Å². The molecule has 2 nitrogen and oxygen atoms in total. The molecule has 0 radical (unpaired) electrons. The minimum Gasteiger partial charge on any atom is -0.481 e. The fourth-order valence-corrected chi connectivity index (χ4v) is 3.21. The fraction of sp³-hybridized carbons (Fsp3) is 0.533. The van der Waals surface area contributed by atoms with Crippen molar-refractivity contribution in [1.82, 2.24) is 0 Å². The van der Waals surface area contributed by atoms with Crippen molar-refractivity contribution in [3.8, 4) is 0 Å². The van der Waals surface area contributed by atoms with Crippen LogP contribution in [0.3, 0.4) is 0 Å². The number of rotatable bonds is 3. The summed E-state index contributed by atoms with van der Waals surface area (Å²) in [5.74, 6) is 0.0295. The van der Waals surface area contributed by atoms with E-state index in [1.807, 2.05) is 24.3 Å². The predicted molar refractivity (Wildman–Crippen MR) is 75.5 cm³/mol. The largest absolute Gasteiger partial charge is 0.481 e. The van der Waals surface area contributed by atoms with Crippen LogP contribution in [0, 0.1) is 11.3 Å². The Bertz CT molecular complexity index is 434. The molecule has 98 valence electrons. The lowest BCUT2D eigenvalue weighted by Gasteiger charge is -2.36. The lowest BCUT2D eigenvalue weighted by Crippen LogP contribution is -2.37. The van der Waals surface area contributed by atoms with Crippen LogP contribution in [0.5, 0.6) is 0 Å². The number of hydrogen-bond donors (Lipinski definition) is 1. The summed E-state index contributed by atoms with van der Waals surface area (Å²) < 4.78 is 1.02. The van der Waals surface area contributed by atoms with Gasteiger partial charge in [0.15, 0.2) is 0 Å². The molecule has 18 heavy (non-hydrogen) atoms. The molecule has 1 fully saturated rings. The Morgan fingerprint density at radius 2 is 2.00 bits per heavy atom. The highest BCUT2D eigenvalue weighted by Crippen LogP contribution is 2.42. The molecule has 0 heterocycles. The van der Waals surface area contributed by atoms with Crippen LogP contribution in [-0.4, -0.2) is 11.1 Å². The van der Waals surface area contributed by atoms with E-state index in [9.17, 15) is 9.90 Å². The summed E-state index contributed by atoms with van der Waals surface area (Å²) in [6.45, 7) is 2.21. The quantitative estimate of drug-likeness (QED) is 0.905. The number of hydrogen-bond acceptors (Lipinski definition) is 1. The van der Waals surface area contributed by atoms with Crippen LogP contribution in [0.2, 0.25) is 0 Å². The Labute approximate surface area is 117 Å². The van der Waals surface area contributed by atoms with Crippen molar-refractivity contribution >= 4 is 21.9 Å². The van der Waals surface area contributed by atoms with Crippen LogP contribution in [0.4, 0.5) is 0 Å². The Hall–Kier alpha value is -0.830. The van der Waals surface area contributed by atoms with Gasteiger partial charge in [-0.15, -0.1) is 0 Å². The summed E-state index contributed by atoms with van der Waals surface area (Å²) in [7, 11) is 0. The molecule has 0 atom stereocenters. The van der Waals surface area contributed by atoms with Crippen molar-refractivity contribution < 1.29 is 9.90 Å². The third kappa shape index (κ3) is 2.77. The van der Waals surface area contributed by atoms with Crippen molar-refractivity contribution in [3.63, 3.8) is 0 Å². The summed E-state index contributed by atoms with van der Waals surface area (Å²) in [5.41, 5.74) is 0.547. The molecular weight excluding hydrogens is 292 g/mol. The second-order valence-corrected chi connectivity index (χ2v) is 6.39. The topological polar surface area (TPSA) is 37.3 Å². The zero-order valence-electron chi connectivity index (χ0n) is 10.7. The summed E-state index contributed by atoms with van der Waals surface area (Å²) in [5, 5.41) is 9.61. The van der Waals surface area contributed by atoms with Gasteiger partial charge in [-0.05, 0) is 49.7 Å². The smallest absolute Gasteiger partial charge is 0.309 e. The van der Waals surface area contributed by atoms with Gasteiger partial charge in [0.1, 0.15) is 0 Å². The molecule has 0 aromatic heterocycles. The summed E-state index contributed by atoms with van der Waals surface area (Å²) >= 11 is 3.52. The lowest BCUT2D eigenvalue weighted by atomic mass is 9.68. The molecule has 0 spiro atoms. The van der Waals surface area contributed by atoms with Gasteiger partial charge in [-0.2, -0.15) is 0 Å². The van der Waals surface area contributed by atoms with Gasteiger partial charge in [0.2, 0.25) is 0 Å². The second-order valence-electron chi connectivity index (χ2n) is 5.54. The molecule has 0 saturated heterocycles. The second kappa shape index (κ2) is 5.43. The fourth-order valence-electron chi connectivity index (χ4n) is 2.79. The van der Waals surface area contributed by atoms with Gasteiger partial charge in [-0.25, -0.2) is 0 Å². The maximum atomic E-state index is 11.7. The molecular formula is C15H19BrO2. The lowest BCUT2D eigenvalue weighted by molar-refractivity contribution is -0.151. The predicted octanol–water partition coefficient (Wildman–Crippen LogP) is 4.27. The van der Waals surface area contributed by atoms with Crippen LogP contribution >= 0.6 is 15.9 Å². The van der Waals surface area contributed by atoms with Crippen molar-refractivity contribution in [2.45, 2.75) is 39.0 Å². The van der Waals surface area contributed by atoms with E-state index < -0.39 is 11.4 Å². The number of carboxylic acids is 1. The van der Waals surface area contributed by atoms with Gasteiger partial charge in [0.25, 0.3) is 0 Å². The summed E-state index contributed by atoms with van der Waals surface area (Å²) in [6.07, 6.45) is 4.28. The zero-order valence-corrected chi connectivity index (χ0v) is 12.2. The molecule has 3 heteroatoms. The Balaban J connectivity index is 2.22. The van der Waals surface area contributed by atoms with E-state index >= 15 is 0 Å². The van der Waals surface area contributed by atoms with Crippen LogP contribution in [0.15, 0.2) is 28.7 Å². The molecule has 0 aliphatic heterocycles. The van der Waals surface area contributed by atoms with Crippen LogP contribution in [-0.2, 0) is 11.2 Å². The van der Waals surface area contributed by atoms with Crippen LogP contribution in [0.25, 0.3) is 0 Å². The van der Waals surface area contributed by atoms with Crippen LogP contribution < -0.4 is 0 Å². The van der Waals surface area contributed by atoms with E-state index in [0.717, 1.165) is 35.7 Å². The first-order valence-electron chi connectivity index (χ1n) is 6.50. The highest BCUT2D eigenvalue weighted by atomic mass is 79.9. The third-order valence-electron chi connectivity index (χ3n) is 4.17. The molecule has 1 aromatic carbocycles. The molecule has 1 aliphatic carbocycles. The van der Waals surface area contributed by atoms with Crippen molar-refractivity contribution in [2.75, 3.05) is 0 Å². The zero-order chi connectivity index (χ0) is 13.2. The number of carbonyl (C=O) groups is 1. The van der Waals surface area contributed by atoms with Crippen molar-refractivity contribution in [2.24, 2.45) is 11.3 Å². The Morgan fingerprint density at radius 1 is 1.39 bits per heavy atom. The molecule has 2 rings (SSSR count). The first-order chi connectivity index (χ1) is 8.53. The maximum absolute atomic E-state index is 11.7. The Morgan fingerprint density at radius 3 is 2.56 bits per heavy atom. The van der Waals surface area contributed by atoms with E-state index in [2.05, 4.69) is 22.9 Å². The molecule has 1 N–H and O–H groups in total. The number of benzene rings is 1. The van der Waals surface area contributed by atoms with Crippen molar-refractivity contribution in [1.29, 1.82) is 0 Å². The molecule has 0 unspecified atom stereocenters. The molecule has 0 bridgehead atoms. The van der Waals surface area contributed by atoms with Gasteiger partial charge in [0.05, 0.1) is 5.41 Å². The number of halogens is 1. The van der Waals surface area contributed by atoms with Gasteiger partial charge in [-0.1, -0.05) is 41.1 Å². The first-order valence-corrected chi connectivity index (χ1v) is 7.30. The van der Waals surface area contributed by atoms with E-state index in [1.54, 1.807) is 0 Å². The van der Waals surface area contributed by atoms with Gasteiger partial charge in [-0.3, -0.25) is 4.79 Å². The van der Waals surface area contributed by atoms with E-state index in [0.29, 0.717) is 12.3 Å². The minimum absolute atomic E-state index is 0.559. The third-order valence-corrected chi connectivity index (χ3v) is 4.95. The molecule has 0 amide bonds. The summed E-state index contributed by atoms with van der Waals surface area (Å²) in [4.78, 5) is 11.7. The summed E-state index contributed by atoms with van der Waals surface area (Å²) in [6, 6.07) is 7.94. The average molecular weight is 311 g/mol. The molecule has 1 aliphatic rings. The average Bonchev–Trinajstić information content (AvgIpc) is 2.35. The van der Waals surface area contributed by atoms with Gasteiger partial charge in [0, 0.05) is 4.47 Å². The van der Waals surface area contributed by atoms with E-state index in [-0.39, 0.29) is 0 Å². The van der Waals surface area contributed by atoms with Gasteiger partial charge < -0.3 is 5.11 Å². The first kappa shape index (κ1) is 13.6. The molecule has 1 aromatic rings. The van der Waals surface area contributed by atoms with E-state index in [1.165, 1.54) is 0 Å². The normalized spacial score (nSPS) is 28.0. The molecule has 1 saturated carbocycles. The highest BCUT2D eigenvalue weighted by molar-refractivity contribution is 9.10. The minimum atomic E-state index is -0.634. The van der Waals surface area contributed by atoms with E-state index in [4.69, 9.17) is 0 Å². The van der Waals surface area contributed by atoms with Crippen LogP contribution in [0.1, 0.15) is 38.2 Å². The highest BCUT2D eigenvalue weighted by Gasteiger charge is 2.41.